The number of carbonyl (C=O) groups excluding carboxylic acids is 1. The lowest BCUT2D eigenvalue weighted by molar-refractivity contribution is -0.148. The Morgan fingerprint density at radius 1 is 1.44 bits per heavy atom. The number of benzene rings is 1. The molecule has 1 heterocycles. The van der Waals surface area contributed by atoms with E-state index in [0.717, 1.165) is 10.9 Å². The van der Waals surface area contributed by atoms with E-state index in [0.29, 0.717) is 12.2 Å². The maximum atomic E-state index is 11.5. The van der Waals surface area contributed by atoms with Gasteiger partial charge in [-0.15, -0.1) is 0 Å². The SMILES string of the molecule is CCOC(=O)CC(C)(O)c1c[nH]c2ccccc12. The van der Waals surface area contributed by atoms with Crippen molar-refractivity contribution in [2.45, 2.75) is 25.9 Å². The first-order valence-electron chi connectivity index (χ1n) is 5.99. The number of aromatic amines is 1. The van der Waals surface area contributed by atoms with Gasteiger partial charge in [-0.25, -0.2) is 0 Å². The van der Waals surface area contributed by atoms with Crippen LogP contribution in [0.2, 0.25) is 0 Å². The van der Waals surface area contributed by atoms with Crippen LogP contribution in [0.1, 0.15) is 25.8 Å². The van der Waals surface area contributed by atoms with Crippen molar-refractivity contribution in [1.29, 1.82) is 0 Å². The third kappa shape index (κ3) is 2.38. The van der Waals surface area contributed by atoms with E-state index in [1.807, 2.05) is 24.3 Å². The zero-order valence-corrected chi connectivity index (χ0v) is 10.6. The maximum Gasteiger partial charge on any atom is 0.309 e. The summed E-state index contributed by atoms with van der Waals surface area (Å²) in [5.74, 6) is -0.396. The van der Waals surface area contributed by atoms with Crippen LogP contribution in [-0.4, -0.2) is 22.7 Å². The monoisotopic (exact) mass is 247 g/mol. The molecule has 1 aromatic heterocycles. The molecule has 0 bridgehead atoms. The Morgan fingerprint density at radius 3 is 2.89 bits per heavy atom. The fourth-order valence-corrected chi connectivity index (χ4v) is 2.11. The summed E-state index contributed by atoms with van der Waals surface area (Å²) in [6.45, 7) is 3.70. The first kappa shape index (κ1) is 12.6. The molecule has 4 nitrogen and oxygen atoms in total. The molecular weight excluding hydrogens is 230 g/mol. The summed E-state index contributed by atoms with van der Waals surface area (Å²) < 4.78 is 4.88. The van der Waals surface area contributed by atoms with Crippen LogP contribution in [0.15, 0.2) is 30.5 Å². The van der Waals surface area contributed by atoms with E-state index in [1.165, 1.54) is 0 Å². The lowest BCUT2D eigenvalue weighted by Gasteiger charge is -2.21. The Morgan fingerprint density at radius 2 is 2.17 bits per heavy atom. The van der Waals surface area contributed by atoms with Gasteiger partial charge in [0, 0.05) is 22.7 Å². The largest absolute Gasteiger partial charge is 0.466 e. The van der Waals surface area contributed by atoms with Gasteiger partial charge in [0.15, 0.2) is 0 Å². The van der Waals surface area contributed by atoms with Gasteiger partial charge < -0.3 is 14.8 Å². The number of carbonyl (C=O) groups is 1. The molecule has 0 aliphatic heterocycles. The molecule has 2 aromatic rings. The number of aromatic nitrogens is 1. The number of H-pyrrole nitrogens is 1. The van der Waals surface area contributed by atoms with Crippen LogP contribution in [0.4, 0.5) is 0 Å². The predicted molar refractivity (Wildman–Crippen MR) is 69.1 cm³/mol. The standard InChI is InChI=1S/C14H17NO3/c1-3-18-13(16)8-14(2,17)11-9-15-12-7-5-4-6-10(11)12/h4-7,9,15,17H,3,8H2,1-2H3. The Balaban J connectivity index is 2.31. The molecule has 0 radical (unpaired) electrons. The van der Waals surface area contributed by atoms with E-state index in [2.05, 4.69) is 4.98 Å². The van der Waals surface area contributed by atoms with Crippen molar-refractivity contribution in [3.63, 3.8) is 0 Å². The molecule has 2 N–H and O–H groups in total. The summed E-state index contributed by atoms with van der Waals surface area (Å²) in [6.07, 6.45) is 1.69. The minimum Gasteiger partial charge on any atom is -0.466 e. The summed E-state index contributed by atoms with van der Waals surface area (Å²) >= 11 is 0. The van der Waals surface area contributed by atoms with E-state index in [1.54, 1.807) is 20.0 Å². The number of fused-ring (bicyclic) bond motifs is 1. The average molecular weight is 247 g/mol. The minimum absolute atomic E-state index is 0.0529. The molecule has 18 heavy (non-hydrogen) atoms. The first-order chi connectivity index (χ1) is 8.54. The van der Waals surface area contributed by atoms with Gasteiger partial charge in [-0.05, 0) is 19.9 Å². The number of nitrogens with one attached hydrogen (secondary N) is 1. The quantitative estimate of drug-likeness (QED) is 0.815. The van der Waals surface area contributed by atoms with Gasteiger partial charge in [-0.1, -0.05) is 18.2 Å². The number of hydrogen-bond acceptors (Lipinski definition) is 3. The summed E-state index contributed by atoms with van der Waals surface area (Å²) in [5, 5.41) is 11.4. The van der Waals surface area contributed by atoms with Gasteiger partial charge >= 0.3 is 5.97 Å². The van der Waals surface area contributed by atoms with Crippen LogP contribution in [0.5, 0.6) is 0 Å². The van der Waals surface area contributed by atoms with Crippen molar-refractivity contribution in [1.82, 2.24) is 4.98 Å². The normalized spacial score (nSPS) is 14.4. The molecule has 0 aliphatic rings. The highest BCUT2D eigenvalue weighted by Gasteiger charge is 2.29. The Kier molecular flexibility index (Phi) is 3.39. The van der Waals surface area contributed by atoms with Crippen LogP contribution in [-0.2, 0) is 15.1 Å². The summed E-state index contributed by atoms with van der Waals surface area (Å²) in [7, 11) is 0. The highest BCUT2D eigenvalue weighted by atomic mass is 16.5. The molecule has 1 aromatic carbocycles. The van der Waals surface area contributed by atoms with Crippen LogP contribution in [0.25, 0.3) is 10.9 Å². The molecule has 0 aliphatic carbocycles. The van der Waals surface area contributed by atoms with Crippen LogP contribution >= 0.6 is 0 Å². The number of ether oxygens (including phenoxy) is 1. The second kappa shape index (κ2) is 4.82. The molecule has 0 fully saturated rings. The van der Waals surface area contributed by atoms with Crippen molar-refractivity contribution in [2.75, 3.05) is 6.61 Å². The lowest BCUT2D eigenvalue weighted by atomic mass is 9.92. The van der Waals surface area contributed by atoms with Gasteiger partial charge in [0.05, 0.1) is 18.6 Å². The molecule has 96 valence electrons. The number of para-hydroxylation sites is 1. The van der Waals surface area contributed by atoms with Crippen molar-refractivity contribution in [3.8, 4) is 0 Å². The van der Waals surface area contributed by atoms with E-state index in [9.17, 15) is 9.90 Å². The van der Waals surface area contributed by atoms with Crippen LogP contribution < -0.4 is 0 Å². The second-order valence-electron chi connectivity index (χ2n) is 4.50. The third-order valence-electron chi connectivity index (χ3n) is 2.96. The Bertz CT molecular complexity index is 557. The number of esters is 1. The van der Waals surface area contributed by atoms with E-state index < -0.39 is 11.6 Å². The summed E-state index contributed by atoms with van der Waals surface area (Å²) in [6, 6.07) is 7.67. The van der Waals surface area contributed by atoms with E-state index in [-0.39, 0.29) is 6.42 Å². The lowest BCUT2D eigenvalue weighted by Crippen LogP contribution is -2.26. The Hall–Kier alpha value is -1.81. The summed E-state index contributed by atoms with van der Waals surface area (Å²) in [5.41, 5.74) is 0.425. The van der Waals surface area contributed by atoms with Gasteiger partial charge in [0.1, 0.15) is 0 Å². The Labute approximate surface area is 106 Å². The van der Waals surface area contributed by atoms with Gasteiger partial charge in [-0.2, -0.15) is 0 Å². The van der Waals surface area contributed by atoms with Gasteiger partial charge in [0.2, 0.25) is 0 Å². The molecule has 1 unspecified atom stereocenters. The smallest absolute Gasteiger partial charge is 0.309 e. The number of aliphatic hydroxyl groups is 1. The molecule has 0 saturated carbocycles. The van der Waals surface area contributed by atoms with E-state index in [4.69, 9.17) is 4.74 Å². The molecule has 2 rings (SSSR count). The highest BCUT2D eigenvalue weighted by molar-refractivity contribution is 5.84. The van der Waals surface area contributed by atoms with Gasteiger partial charge in [0.25, 0.3) is 0 Å². The zero-order chi connectivity index (χ0) is 13.2. The molecule has 0 spiro atoms. The van der Waals surface area contributed by atoms with Crippen molar-refractivity contribution in [2.24, 2.45) is 0 Å². The van der Waals surface area contributed by atoms with E-state index >= 15 is 0 Å². The molecule has 0 saturated heterocycles. The summed E-state index contributed by atoms with van der Waals surface area (Å²) in [4.78, 5) is 14.6. The molecule has 0 amide bonds. The third-order valence-corrected chi connectivity index (χ3v) is 2.96. The van der Waals surface area contributed by atoms with Crippen molar-refractivity contribution >= 4 is 16.9 Å². The molecule has 1 atom stereocenters. The highest BCUT2D eigenvalue weighted by Crippen LogP contribution is 2.31. The van der Waals surface area contributed by atoms with Gasteiger partial charge in [-0.3, -0.25) is 4.79 Å². The fourth-order valence-electron chi connectivity index (χ4n) is 2.11. The number of rotatable bonds is 4. The second-order valence-corrected chi connectivity index (χ2v) is 4.50. The van der Waals surface area contributed by atoms with Crippen molar-refractivity contribution < 1.29 is 14.6 Å². The topological polar surface area (TPSA) is 62.3 Å². The van der Waals surface area contributed by atoms with Crippen LogP contribution in [0, 0.1) is 0 Å². The maximum absolute atomic E-state index is 11.5. The minimum atomic E-state index is -1.23. The predicted octanol–water partition coefficient (Wildman–Crippen LogP) is 2.33. The number of hydrogen-bond donors (Lipinski definition) is 2. The van der Waals surface area contributed by atoms with Crippen LogP contribution in [0.3, 0.4) is 0 Å². The molecular formula is C14H17NO3. The average Bonchev–Trinajstić information content (AvgIpc) is 2.72. The fraction of sp³-hybridized carbons (Fsp3) is 0.357. The van der Waals surface area contributed by atoms with Crippen molar-refractivity contribution in [3.05, 3.63) is 36.0 Å². The zero-order valence-electron chi connectivity index (χ0n) is 10.6. The first-order valence-corrected chi connectivity index (χ1v) is 5.99. The molecule has 4 heteroatoms.